The minimum absolute atomic E-state index is 0.0666. The lowest BCUT2D eigenvalue weighted by atomic mass is 9.97. The van der Waals surface area contributed by atoms with E-state index in [0.717, 1.165) is 6.42 Å². The highest BCUT2D eigenvalue weighted by molar-refractivity contribution is 5.68. The molecule has 0 aliphatic carbocycles. The molecule has 2 aliphatic heterocycles. The first-order chi connectivity index (χ1) is 20.1. The zero-order valence-corrected chi connectivity index (χ0v) is 25.2. The smallest absolute Gasteiger partial charge is 0.305 e. The lowest BCUT2D eigenvalue weighted by Crippen LogP contribution is -2.64. The van der Waals surface area contributed by atoms with Gasteiger partial charge in [0.2, 0.25) is 0 Å². The van der Waals surface area contributed by atoms with Crippen molar-refractivity contribution in [2.45, 2.75) is 159 Å². The predicted molar refractivity (Wildman–Crippen MR) is 151 cm³/mol. The second-order valence-electron chi connectivity index (χ2n) is 11.0. The Morgan fingerprint density at radius 2 is 1.14 bits per heavy atom. The summed E-state index contributed by atoms with van der Waals surface area (Å²) in [6.07, 6.45) is 1.01. The van der Waals surface area contributed by atoms with Crippen molar-refractivity contribution in [2.75, 3.05) is 19.8 Å². The maximum Gasteiger partial charge on any atom is 0.305 e. The molecule has 0 bridgehead atoms. The van der Waals surface area contributed by atoms with Crippen molar-refractivity contribution < 1.29 is 64.6 Å². The van der Waals surface area contributed by atoms with Gasteiger partial charge in [0.1, 0.15) is 48.8 Å². The summed E-state index contributed by atoms with van der Waals surface area (Å²) in [4.78, 5) is 10.9. The fourth-order valence-corrected chi connectivity index (χ4v) is 4.80. The van der Waals surface area contributed by atoms with Crippen LogP contribution in [0.5, 0.6) is 0 Å². The van der Waals surface area contributed by atoms with E-state index in [1.54, 1.807) is 0 Å². The molecule has 42 heavy (non-hydrogen) atoms. The Bertz CT molecular complexity index is 680. The van der Waals surface area contributed by atoms with Crippen LogP contribution in [0.1, 0.15) is 97.3 Å². The summed E-state index contributed by atoms with van der Waals surface area (Å²) in [6.45, 7) is 3.38. The standard InChI is InChI=1S/C17H34O2.C12H22O11/c1-3-5-6-7-8-9-10-11-12-13-14-15-16-19-17(18)4-2;13-1-3-5(15)6(16)9(19)12(22-3)23-10-4(2-14)21-11(20)8(18)7(10)17/h3-16H2,1-2H3;3-20H,1-2H2/t;3-,4-,5+,6+,7-,8-,9-,10-,11-,12+/m.1/s1. The van der Waals surface area contributed by atoms with E-state index in [4.69, 9.17) is 24.1 Å². The third kappa shape index (κ3) is 13.8. The SMILES string of the molecule is CCCCCCCCCCCCCCOC(=O)CC.OC[C@H]1O[C@@H](O[C@H]2[C@H](O)[C@@H](O)[C@H](O)O[C@@H]2CO)[C@H](O)[C@@H](O)[C@H]1O. The summed E-state index contributed by atoms with van der Waals surface area (Å²) in [7, 11) is 0. The van der Waals surface area contributed by atoms with Gasteiger partial charge in [0.05, 0.1) is 19.8 Å². The largest absolute Gasteiger partial charge is 0.466 e. The van der Waals surface area contributed by atoms with Crippen LogP contribution < -0.4 is 0 Å². The second-order valence-corrected chi connectivity index (χ2v) is 11.0. The summed E-state index contributed by atoms with van der Waals surface area (Å²) in [5, 5.41) is 76.5. The topological polar surface area (TPSA) is 216 Å². The number of rotatable bonds is 18. The van der Waals surface area contributed by atoms with E-state index in [0.29, 0.717) is 13.0 Å². The average Bonchev–Trinajstić information content (AvgIpc) is 2.99. The molecule has 13 nitrogen and oxygen atoms in total. The van der Waals surface area contributed by atoms with Crippen molar-refractivity contribution in [3.8, 4) is 0 Å². The lowest BCUT2D eigenvalue weighted by Gasteiger charge is -2.45. The number of carbonyl (C=O) groups excluding carboxylic acids is 1. The zero-order valence-electron chi connectivity index (χ0n) is 25.2. The summed E-state index contributed by atoms with van der Waals surface area (Å²) in [5.74, 6) is -0.0666. The van der Waals surface area contributed by atoms with Crippen molar-refractivity contribution in [1.82, 2.24) is 0 Å². The Kier molecular flexibility index (Phi) is 20.9. The molecule has 2 saturated heterocycles. The molecule has 0 amide bonds. The fraction of sp³-hybridized carbons (Fsp3) is 0.966. The minimum Gasteiger partial charge on any atom is -0.466 e. The molecule has 13 heteroatoms. The van der Waals surface area contributed by atoms with E-state index >= 15 is 0 Å². The summed E-state index contributed by atoms with van der Waals surface area (Å²) in [5.41, 5.74) is 0. The molecular formula is C29H56O13. The van der Waals surface area contributed by atoms with Crippen molar-refractivity contribution in [1.29, 1.82) is 0 Å². The van der Waals surface area contributed by atoms with Crippen LogP contribution in [0.15, 0.2) is 0 Å². The molecule has 10 atom stereocenters. The number of aliphatic hydroxyl groups excluding tert-OH is 8. The summed E-state index contributed by atoms with van der Waals surface area (Å²) in [6, 6.07) is 0. The molecule has 2 fully saturated rings. The molecular weight excluding hydrogens is 556 g/mol. The van der Waals surface area contributed by atoms with Gasteiger partial charge in [-0.05, 0) is 6.42 Å². The van der Waals surface area contributed by atoms with Crippen LogP contribution in [0.2, 0.25) is 0 Å². The van der Waals surface area contributed by atoms with Crippen LogP contribution in [-0.2, 0) is 23.7 Å². The van der Waals surface area contributed by atoms with Gasteiger partial charge in [-0.3, -0.25) is 4.79 Å². The van der Waals surface area contributed by atoms with E-state index < -0.39 is 74.6 Å². The van der Waals surface area contributed by atoms with E-state index in [2.05, 4.69) is 6.92 Å². The highest BCUT2D eigenvalue weighted by atomic mass is 16.7. The van der Waals surface area contributed by atoms with Gasteiger partial charge in [0.15, 0.2) is 12.6 Å². The van der Waals surface area contributed by atoms with Crippen LogP contribution in [0.4, 0.5) is 0 Å². The van der Waals surface area contributed by atoms with Gasteiger partial charge in [0.25, 0.3) is 0 Å². The Labute approximate surface area is 249 Å². The van der Waals surface area contributed by atoms with Gasteiger partial charge < -0.3 is 59.8 Å². The minimum atomic E-state index is -1.74. The number of unbranched alkanes of at least 4 members (excludes halogenated alkanes) is 11. The van der Waals surface area contributed by atoms with Crippen molar-refractivity contribution in [3.05, 3.63) is 0 Å². The normalized spacial score (nSPS) is 33.1. The first-order valence-corrected chi connectivity index (χ1v) is 15.5. The highest BCUT2D eigenvalue weighted by Crippen LogP contribution is 2.28. The molecule has 0 aromatic heterocycles. The molecule has 8 N–H and O–H groups in total. The van der Waals surface area contributed by atoms with Crippen LogP contribution in [-0.4, -0.2) is 128 Å². The quantitative estimate of drug-likeness (QED) is 0.0770. The Hall–Kier alpha value is -0.970. The van der Waals surface area contributed by atoms with Crippen molar-refractivity contribution in [3.63, 3.8) is 0 Å². The van der Waals surface area contributed by atoms with E-state index in [-0.39, 0.29) is 5.97 Å². The van der Waals surface area contributed by atoms with Crippen LogP contribution in [0, 0.1) is 0 Å². The Morgan fingerprint density at radius 1 is 0.619 bits per heavy atom. The van der Waals surface area contributed by atoms with Gasteiger partial charge in [0, 0.05) is 6.42 Å². The van der Waals surface area contributed by atoms with Crippen LogP contribution in [0.25, 0.3) is 0 Å². The first kappa shape index (κ1) is 39.1. The van der Waals surface area contributed by atoms with Crippen molar-refractivity contribution in [2.24, 2.45) is 0 Å². The maximum absolute atomic E-state index is 10.9. The second kappa shape index (κ2) is 22.5. The van der Waals surface area contributed by atoms with Gasteiger partial charge in [-0.25, -0.2) is 0 Å². The number of ether oxygens (including phenoxy) is 4. The lowest BCUT2D eigenvalue weighted by molar-refractivity contribution is -0.355. The summed E-state index contributed by atoms with van der Waals surface area (Å²) >= 11 is 0. The molecule has 2 heterocycles. The third-order valence-corrected chi connectivity index (χ3v) is 7.53. The third-order valence-electron chi connectivity index (χ3n) is 7.53. The van der Waals surface area contributed by atoms with Crippen LogP contribution >= 0.6 is 0 Å². The number of hydrogen-bond donors (Lipinski definition) is 8. The number of hydrogen-bond acceptors (Lipinski definition) is 13. The highest BCUT2D eigenvalue weighted by Gasteiger charge is 2.50. The van der Waals surface area contributed by atoms with E-state index in [9.17, 15) is 40.5 Å². The first-order valence-electron chi connectivity index (χ1n) is 15.5. The summed E-state index contributed by atoms with van der Waals surface area (Å²) < 4.78 is 20.3. The van der Waals surface area contributed by atoms with Gasteiger partial charge >= 0.3 is 5.97 Å². The van der Waals surface area contributed by atoms with Gasteiger partial charge in [-0.1, -0.05) is 84.5 Å². The molecule has 0 spiro atoms. The molecule has 2 aliphatic rings. The molecule has 250 valence electrons. The molecule has 0 saturated carbocycles. The monoisotopic (exact) mass is 612 g/mol. The van der Waals surface area contributed by atoms with Crippen molar-refractivity contribution >= 4 is 5.97 Å². The molecule has 0 aromatic carbocycles. The maximum atomic E-state index is 10.9. The molecule has 0 radical (unpaired) electrons. The molecule has 0 unspecified atom stereocenters. The number of carbonyl (C=O) groups is 1. The van der Waals surface area contributed by atoms with Crippen LogP contribution in [0.3, 0.4) is 0 Å². The molecule has 2 rings (SSSR count). The zero-order chi connectivity index (χ0) is 31.5. The molecule has 0 aromatic rings. The number of esters is 1. The van der Waals surface area contributed by atoms with Gasteiger partial charge in [-0.15, -0.1) is 0 Å². The average molecular weight is 613 g/mol. The number of aliphatic hydroxyl groups is 8. The van der Waals surface area contributed by atoms with Gasteiger partial charge in [-0.2, -0.15) is 0 Å². The van der Waals surface area contributed by atoms with E-state index in [1.807, 2.05) is 6.92 Å². The fourth-order valence-electron chi connectivity index (χ4n) is 4.80. The Balaban J connectivity index is 0.000000430. The van der Waals surface area contributed by atoms with E-state index in [1.165, 1.54) is 70.6 Å². The predicted octanol–water partition coefficient (Wildman–Crippen LogP) is 0.244. The Morgan fingerprint density at radius 3 is 1.64 bits per heavy atom.